The van der Waals surface area contributed by atoms with E-state index in [9.17, 15) is 4.79 Å². The van der Waals surface area contributed by atoms with Crippen LogP contribution in [-0.4, -0.2) is 31.7 Å². The Hall–Kier alpha value is -2.96. The van der Waals surface area contributed by atoms with E-state index < -0.39 is 0 Å². The van der Waals surface area contributed by atoms with E-state index in [1.54, 1.807) is 29.1 Å². The number of fused-ring (bicyclic) bond motifs is 1. The molecular formula is C15H14N4O3. The molecule has 0 amide bonds. The fourth-order valence-corrected chi connectivity index (χ4v) is 1.91. The minimum atomic E-state index is -0.239. The zero-order valence-corrected chi connectivity index (χ0v) is 12.0. The van der Waals surface area contributed by atoms with E-state index in [2.05, 4.69) is 21.5 Å². The number of nitrogens with zero attached hydrogens (tertiary/aromatic N) is 4. The largest absolute Gasteiger partial charge is 0.475 e. The molecular weight excluding hydrogens is 284 g/mol. The van der Waals surface area contributed by atoms with Gasteiger partial charge in [-0.2, -0.15) is 0 Å². The summed E-state index contributed by atoms with van der Waals surface area (Å²) in [5.74, 6) is 0.605. The molecule has 3 aromatic rings. The molecule has 3 heterocycles. The van der Waals surface area contributed by atoms with Gasteiger partial charge < -0.3 is 13.6 Å². The number of carbonyl (C=O) groups is 1. The van der Waals surface area contributed by atoms with E-state index in [4.69, 9.17) is 9.15 Å². The molecule has 7 heteroatoms. The smallest absolute Gasteiger partial charge is 0.263 e. The molecule has 0 aliphatic rings. The molecule has 0 bridgehead atoms. The second-order valence-corrected chi connectivity index (χ2v) is 4.60. The van der Waals surface area contributed by atoms with Crippen LogP contribution in [0.4, 0.5) is 0 Å². The van der Waals surface area contributed by atoms with Gasteiger partial charge in [0.2, 0.25) is 11.4 Å². The molecule has 0 spiro atoms. The zero-order valence-electron chi connectivity index (χ0n) is 12.0. The van der Waals surface area contributed by atoms with Gasteiger partial charge in [0.25, 0.3) is 11.8 Å². The van der Waals surface area contributed by atoms with Crippen LogP contribution in [0.25, 0.3) is 17.1 Å². The van der Waals surface area contributed by atoms with Crippen LogP contribution in [0.1, 0.15) is 24.0 Å². The SMILES string of the molecule is C=CCCOc1nc(-c2cnc(C(C)=O)o2)cn2ccnc12. The summed E-state index contributed by atoms with van der Waals surface area (Å²) in [6.45, 7) is 5.50. The quantitative estimate of drug-likeness (QED) is 0.395. The van der Waals surface area contributed by atoms with E-state index in [1.165, 1.54) is 13.1 Å². The zero-order chi connectivity index (χ0) is 15.5. The summed E-state index contributed by atoms with van der Waals surface area (Å²) < 4.78 is 12.8. The van der Waals surface area contributed by atoms with Gasteiger partial charge in [0.05, 0.1) is 12.8 Å². The van der Waals surface area contributed by atoms with Gasteiger partial charge in [-0.3, -0.25) is 4.79 Å². The van der Waals surface area contributed by atoms with Crippen molar-refractivity contribution in [3.05, 3.63) is 43.3 Å². The lowest BCUT2D eigenvalue weighted by Crippen LogP contribution is -2.02. The van der Waals surface area contributed by atoms with Gasteiger partial charge in [-0.25, -0.2) is 15.0 Å². The predicted octanol–water partition coefficient (Wildman–Crippen LogP) is 2.54. The van der Waals surface area contributed by atoms with Crippen molar-refractivity contribution in [2.75, 3.05) is 6.61 Å². The molecule has 0 radical (unpaired) electrons. The third kappa shape index (κ3) is 2.60. The molecule has 0 aromatic carbocycles. The van der Waals surface area contributed by atoms with Crippen LogP contribution in [0.5, 0.6) is 5.88 Å². The third-order valence-corrected chi connectivity index (χ3v) is 2.96. The topological polar surface area (TPSA) is 82.5 Å². The lowest BCUT2D eigenvalue weighted by atomic mass is 10.3. The van der Waals surface area contributed by atoms with Crippen LogP contribution in [0.3, 0.4) is 0 Å². The predicted molar refractivity (Wildman–Crippen MR) is 78.8 cm³/mol. The molecule has 7 nitrogen and oxygen atoms in total. The van der Waals surface area contributed by atoms with Crippen molar-refractivity contribution in [3.63, 3.8) is 0 Å². The third-order valence-electron chi connectivity index (χ3n) is 2.96. The van der Waals surface area contributed by atoms with Gasteiger partial charge in [-0.1, -0.05) is 6.08 Å². The molecule has 3 rings (SSSR count). The Bertz CT molecular complexity index is 834. The van der Waals surface area contributed by atoms with E-state index in [-0.39, 0.29) is 11.7 Å². The van der Waals surface area contributed by atoms with Crippen molar-refractivity contribution in [2.24, 2.45) is 0 Å². The van der Waals surface area contributed by atoms with Crippen LogP contribution in [-0.2, 0) is 0 Å². The Morgan fingerprint density at radius 1 is 1.50 bits per heavy atom. The van der Waals surface area contributed by atoms with E-state index in [1.807, 2.05) is 0 Å². The monoisotopic (exact) mass is 298 g/mol. The maximum Gasteiger partial charge on any atom is 0.263 e. The maximum atomic E-state index is 11.3. The van der Waals surface area contributed by atoms with Gasteiger partial charge >= 0.3 is 0 Å². The highest BCUT2D eigenvalue weighted by Crippen LogP contribution is 2.24. The molecule has 0 aliphatic heterocycles. The average Bonchev–Trinajstić information content (AvgIpc) is 3.16. The first kappa shape index (κ1) is 14.0. The highest BCUT2D eigenvalue weighted by Gasteiger charge is 2.15. The number of Topliss-reactive ketones (excluding diaryl/α,β-unsaturated/α-hetero) is 1. The van der Waals surface area contributed by atoms with Crippen LogP contribution >= 0.6 is 0 Å². The van der Waals surface area contributed by atoms with Crippen LogP contribution in [0.15, 0.2) is 41.9 Å². The molecule has 0 saturated heterocycles. The standard InChI is InChI=1S/C15H14N4O3/c1-3-4-7-21-15-13-16-5-6-19(13)9-11(18-15)12-8-17-14(22-12)10(2)20/h3,5-6,8-9H,1,4,7H2,2H3. The lowest BCUT2D eigenvalue weighted by Gasteiger charge is -2.07. The number of carbonyl (C=O) groups excluding carboxylic acids is 1. The second kappa shape index (κ2) is 5.80. The number of oxazole rings is 1. The normalized spacial score (nSPS) is 10.8. The van der Waals surface area contributed by atoms with E-state index in [0.717, 1.165) is 0 Å². The first-order valence-electron chi connectivity index (χ1n) is 6.73. The molecule has 3 aromatic heterocycles. The van der Waals surface area contributed by atoms with E-state index >= 15 is 0 Å². The van der Waals surface area contributed by atoms with Crippen molar-refractivity contribution in [1.29, 1.82) is 0 Å². The lowest BCUT2D eigenvalue weighted by molar-refractivity contribution is 0.0981. The minimum Gasteiger partial charge on any atom is -0.475 e. The van der Waals surface area contributed by atoms with E-state index in [0.29, 0.717) is 36.0 Å². The minimum absolute atomic E-state index is 0.0525. The van der Waals surface area contributed by atoms with Gasteiger partial charge in [0.15, 0.2) is 5.76 Å². The molecule has 22 heavy (non-hydrogen) atoms. The highest BCUT2D eigenvalue weighted by atomic mass is 16.5. The van der Waals surface area contributed by atoms with Crippen molar-refractivity contribution in [1.82, 2.24) is 19.4 Å². The Morgan fingerprint density at radius 2 is 2.36 bits per heavy atom. The summed E-state index contributed by atoms with van der Waals surface area (Å²) in [6.07, 6.45) is 9.12. The van der Waals surface area contributed by atoms with Crippen molar-refractivity contribution >= 4 is 11.4 Å². The fourth-order valence-electron chi connectivity index (χ4n) is 1.91. The van der Waals surface area contributed by atoms with Crippen LogP contribution < -0.4 is 4.74 Å². The molecule has 0 aliphatic carbocycles. The summed E-state index contributed by atoms with van der Waals surface area (Å²) in [5.41, 5.74) is 1.12. The Labute approximate surface area is 126 Å². The first-order valence-corrected chi connectivity index (χ1v) is 6.73. The molecule has 0 atom stereocenters. The summed E-state index contributed by atoms with van der Waals surface area (Å²) in [4.78, 5) is 23.8. The molecule has 0 N–H and O–H groups in total. The Balaban J connectivity index is 2.01. The number of hydrogen-bond acceptors (Lipinski definition) is 6. The van der Waals surface area contributed by atoms with Gasteiger partial charge in [-0.15, -0.1) is 6.58 Å². The van der Waals surface area contributed by atoms with Crippen molar-refractivity contribution in [3.8, 4) is 17.3 Å². The molecule has 112 valence electrons. The fraction of sp³-hybridized carbons (Fsp3) is 0.200. The summed E-state index contributed by atoms with van der Waals surface area (Å²) in [7, 11) is 0. The number of ketones is 1. The number of aromatic nitrogens is 4. The average molecular weight is 298 g/mol. The first-order chi connectivity index (χ1) is 10.7. The van der Waals surface area contributed by atoms with Crippen molar-refractivity contribution in [2.45, 2.75) is 13.3 Å². The summed E-state index contributed by atoms with van der Waals surface area (Å²) >= 11 is 0. The van der Waals surface area contributed by atoms with Crippen LogP contribution in [0, 0.1) is 0 Å². The van der Waals surface area contributed by atoms with Crippen LogP contribution in [0.2, 0.25) is 0 Å². The second-order valence-electron chi connectivity index (χ2n) is 4.60. The Morgan fingerprint density at radius 3 is 3.09 bits per heavy atom. The maximum absolute atomic E-state index is 11.3. The number of rotatable bonds is 6. The molecule has 0 fully saturated rings. The number of imidazole rings is 1. The van der Waals surface area contributed by atoms with Gasteiger partial charge in [0.1, 0.15) is 5.69 Å². The highest BCUT2D eigenvalue weighted by molar-refractivity contribution is 5.89. The van der Waals surface area contributed by atoms with Crippen molar-refractivity contribution < 1.29 is 13.9 Å². The Kier molecular flexibility index (Phi) is 3.69. The summed E-state index contributed by atoms with van der Waals surface area (Å²) in [5, 5.41) is 0. The van der Waals surface area contributed by atoms with Gasteiger partial charge in [0, 0.05) is 25.5 Å². The molecule has 0 saturated carbocycles. The van der Waals surface area contributed by atoms with Gasteiger partial charge in [-0.05, 0) is 6.42 Å². The number of ether oxygens (including phenoxy) is 1. The summed E-state index contributed by atoms with van der Waals surface area (Å²) in [6, 6.07) is 0. The molecule has 0 unspecified atom stereocenters. The number of hydrogen-bond donors (Lipinski definition) is 0.